The number of carbonyl (C=O) groups is 2. The molecule has 0 saturated carbocycles. The van der Waals surface area contributed by atoms with Gasteiger partial charge >= 0.3 is 6.03 Å². The second-order valence-electron chi connectivity index (χ2n) is 6.76. The minimum Gasteiger partial charge on any atom is -0.496 e. The summed E-state index contributed by atoms with van der Waals surface area (Å²) < 4.78 is 5.26. The van der Waals surface area contributed by atoms with E-state index < -0.39 is 0 Å². The molecule has 2 aromatic carbocycles. The molecule has 0 atom stereocenters. The number of halogens is 1. The lowest BCUT2D eigenvalue weighted by atomic mass is 10.2. The fourth-order valence-corrected chi connectivity index (χ4v) is 3.31. The number of amides is 3. The van der Waals surface area contributed by atoms with Crippen LogP contribution in [0.25, 0.3) is 6.08 Å². The Bertz CT molecular complexity index is 908. The minimum absolute atomic E-state index is 0.0814. The van der Waals surface area contributed by atoms with E-state index in [1.54, 1.807) is 31.4 Å². The number of likely N-dealkylation sites (tertiary alicyclic amines) is 1. The van der Waals surface area contributed by atoms with Crippen LogP contribution in [0.3, 0.4) is 0 Å². The lowest BCUT2D eigenvalue weighted by molar-refractivity contribution is -0.116. The zero-order valence-electron chi connectivity index (χ0n) is 16.3. The molecule has 0 radical (unpaired) electrons. The molecule has 7 heteroatoms. The summed E-state index contributed by atoms with van der Waals surface area (Å²) in [4.78, 5) is 26.2. The van der Waals surface area contributed by atoms with Gasteiger partial charge in [-0.15, -0.1) is 0 Å². The molecule has 6 nitrogen and oxygen atoms in total. The van der Waals surface area contributed by atoms with Gasteiger partial charge in [-0.25, -0.2) is 4.79 Å². The Kier molecular flexibility index (Phi) is 7.14. The first-order chi connectivity index (χ1) is 14.0. The van der Waals surface area contributed by atoms with Crippen LogP contribution in [0.5, 0.6) is 5.75 Å². The highest BCUT2D eigenvalue weighted by atomic mass is 35.5. The van der Waals surface area contributed by atoms with Gasteiger partial charge < -0.3 is 20.3 Å². The second kappa shape index (κ2) is 9.98. The Balaban J connectivity index is 1.55. The summed E-state index contributed by atoms with van der Waals surface area (Å²) in [5.74, 6) is 0.401. The number of hydrogen-bond acceptors (Lipinski definition) is 3. The van der Waals surface area contributed by atoms with Gasteiger partial charge in [0.15, 0.2) is 0 Å². The average Bonchev–Trinajstić information content (AvgIpc) is 3.26. The number of nitrogens with zero attached hydrogens (tertiary/aromatic N) is 1. The lowest BCUT2D eigenvalue weighted by Gasteiger charge is -2.16. The molecule has 0 spiro atoms. The molecule has 1 fully saturated rings. The van der Waals surface area contributed by atoms with Gasteiger partial charge in [0.2, 0.25) is 5.91 Å². The zero-order chi connectivity index (χ0) is 20.6. The molecule has 2 N–H and O–H groups in total. The number of carbonyl (C=O) groups excluding carboxylic acids is 2. The van der Waals surface area contributed by atoms with Crippen LogP contribution in [0.1, 0.15) is 24.0 Å². The minimum atomic E-state index is -0.237. The average molecular weight is 414 g/mol. The highest BCUT2D eigenvalue weighted by molar-refractivity contribution is 6.30. The molecule has 3 rings (SSSR count). The van der Waals surface area contributed by atoms with Gasteiger partial charge in [0.1, 0.15) is 5.75 Å². The maximum atomic E-state index is 12.2. The molecule has 0 aliphatic carbocycles. The van der Waals surface area contributed by atoms with Gasteiger partial charge in [0.25, 0.3) is 0 Å². The van der Waals surface area contributed by atoms with E-state index in [2.05, 4.69) is 10.6 Å². The molecular formula is C22H24ClN3O3. The van der Waals surface area contributed by atoms with E-state index in [0.29, 0.717) is 23.0 Å². The molecule has 3 amide bonds. The monoisotopic (exact) mass is 413 g/mol. The first kappa shape index (κ1) is 20.7. The van der Waals surface area contributed by atoms with Crippen molar-refractivity contribution in [2.45, 2.75) is 19.4 Å². The Labute approximate surface area is 175 Å². The van der Waals surface area contributed by atoms with E-state index >= 15 is 0 Å². The Morgan fingerprint density at radius 1 is 1.17 bits per heavy atom. The van der Waals surface area contributed by atoms with Crippen molar-refractivity contribution >= 4 is 35.3 Å². The Morgan fingerprint density at radius 2 is 1.97 bits per heavy atom. The van der Waals surface area contributed by atoms with Crippen molar-refractivity contribution in [2.24, 2.45) is 0 Å². The van der Waals surface area contributed by atoms with Crippen LogP contribution in [-0.2, 0) is 11.3 Å². The van der Waals surface area contributed by atoms with Crippen LogP contribution in [0.4, 0.5) is 10.5 Å². The van der Waals surface area contributed by atoms with Crippen LogP contribution in [0, 0.1) is 0 Å². The summed E-state index contributed by atoms with van der Waals surface area (Å²) in [5, 5.41) is 6.31. The third kappa shape index (κ3) is 5.99. The van der Waals surface area contributed by atoms with Crippen molar-refractivity contribution in [3.05, 3.63) is 64.7 Å². The van der Waals surface area contributed by atoms with Crippen molar-refractivity contribution < 1.29 is 14.3 Å². The predicted octanol–water partition coefficient (Wildman–Crippen LogP) is 4.31. The van der Waals surface area contributed by atoms with E-state index in [1.807, 2.05) is 29.2 Å². The van der Waals surface area contributed by atoms with Crippen molar-refractivity contribution in [3.63, 3.8) is 0 Å². The first-order valence-corrected chi connectivity index (χ1v) is 9.87. The summed E-state index contributed by atoms with van der Waals surface area (Å²) in [6.45, 7) is 1.94. The largest absolute Gasteiger partial charge is 0.496 e. The van der Waals surface area contributed by atoms with E-state index in [4.69, 9.17) is 16.3 Å². The summed E-state index contributed by atoms with van der Waals surface area (Å²) in [6, 6.07) is 12.6. The molecule has 152 valence electrons. The molecule has 1 saturated heterocycles. The first-order valence-electron chi connectivity index (χ1n) is 9.49. The molecule has 1 aliphatic heterocycles. The third-order valence-electron chi connectivity index (χ3n) is 4.64. The number of anilines is 1. The number of urea groups is 1. The molecular weight excluding hydrogens is 390 g/mol. The van der Waals surface area contributed by atoms with Crippen LogP contribution < -0.4 is 15.4 Å². The Morgan fingerprint density at radius 3 is 2.72 bits per heavy atom. The van der Waals surface area contributed by atoms with Gasteiger partial charge in [-0.3, -0.25) is 4.79 Å². The number of nitrogens with one attached hydrogen (secondary N) is 2. The molecule has 29 heavy (non-hydrogen) atoms. The number of methoxy groups -OCH3 is 1. The van der Waals surface area contributed by atoms with Gasteiger partial charge in [-0.1, -0.05) is 23.7 Å². The maximum absolute atomic E-state index is 12.2. The number of benzene rings is 2. The van der Waals surface area contributed by atoms with Crippen LogP contribution >= 0.6 is 11.6 Å². The Hall–Kier alpha value is -2.99. The van der Waals surface area contributed by atoms with Crippen molar-refractivity contribution in [1.29, 1.82) is 0 Å². The number of hydrogen-bond donors (Lipinski definition) is 2. The van der Waals surface area contributed by atoms with Gasteiger partial charge in [-0.2, -0.15) is 0 Å². The molecule has 2 aromatic rings. The lowest BCUT2D eigenvalue weighted by Crippen LogP contribution is -2.32. The molecule has 0 aromatic heterocycles. The van der Waals surface area contributed by atoms with Gasteiger partial charge in [0, 0.05) is 42.0 Å². The summed E-state index contributed by atoms with van der Waals surface area (Å²) in [7, 11) is 1.57. The quantitative estimate of drug-likeness (QED) is 0.693. The van der Waals surface area contributed by atoms with E-state index in [9.17, 15) is 9.59 Å². The fraction of sp³-hybridized carbons (Fsp3) is 0.273. The SMILES string of the molecule is COc1ccc(Cl)cc1C=CC(=O)NCc1cccc(NC(=O)N2CCCC2)c1. The smallest absolute Gasteiger partial charge is 0.321 e. The molecule has 1 heterocycles. The van der Waals surface area contributed by atoms with Gasteiger partial charge in [-0.05, 0) is 54.8 Å². The second-order valence-corrected chi connectivity index (χ2v) is 7.20. The van der Waals surface area contributed by atoms with E-state index in [-0.39, 0.29) is 11.9 Å². The number of ether oxygens (including phenoxy) is 1. The summed E-state index contributed by atoms with van der Waals surface area (Å²) in [6.07, 6.45) is 5.20. The van der Waals surface area contributed by atoms with Crippen molar-refractivity contribution in [3.8, 4) is 5.75 Å². The maximum Gasteiger partial charge on any atom is 0.321 e. The predicted molar refractivity (Wildman–Crippen MR) is 115 cm³/mol. The highest BCUT2D eigenvalue weighted by Gasteiger charge is 2.17. The van der Waals surface area contributed by atoms with Crippen molar-refractivity contribution in [2.75, 3.05) is 25.5 Å². The fourth-order valence-electron chi connectivity index (χ4n) is 3.13. The van der Waals surface area contributed by atoms with E-state index in [1.165, 1.54) is 6.08 Å². The van der Waals surface area contributed by atoms with Crippen LogP contribution in [-0.4, -0.2) is 37.0 Å². The van der Waals surface area contributed by atoms with E-state index in [0.717, 1.165) is 37.1 Å². The third-order valence-corrected chi connectivity index (χ3v) is 4.88. The summed E-state index contributed by atoms with van der Waals surface area (Å²) in [5.41, 5.74) is 2.33. The van der Waals surface area contributed by atoms with Crippen molar-refractivity contribution in [1.82, 2.24) is 10.2 Å². The highest BCUT2D eigenvalue weighted by Crippen LogP contribution is 2.23. The normalized spacial score (nSPS) is 13.5. The summed E-state index contributed by atoms with van der Waals surface area (Å²) >= 11 is 6.00. The standard InChI is InChI=1S/C22H24ClN3O3/c1-29-20-9-8-18(23)14-17(20)7-10-21(27)24-15-16-5-4-6-19(13-16)25-22(28)26-11-2-3-12-26/h4-10,13-14H,2-3,11-12,15H2,1H3,(H,24,27)(H,25,28). The molecule has 1 aliphatic rings. The molecule has 0 bridgehead atoms. The van der Waals surface area contributed by atoms with Gasteiger partial charge in [0.05, 0.1) is 7.11 Å². The number of rotatable bonds is 6. The van der Waals surface area contributed by atoms with Crippen LogP contribution in [0.15, 0.2) is 48.5 Å². The molecule has 0 unspecified atom stereocenters. The van der Waals surface area contributed by atoms with Crippen LogP contribution in [0.2, 0.25) is 5.02 Å². The topological polar surface area (TPSA) is 70.7 Å². The zero-order valence-corrected chi connectivity index (χ0v) is 17.0.